The molecule has 1 aliphatic carbocycles. The Morgan fingerprint density at radius 3 is 2.55 bits per heavy atom. The van der Waals surface area contributed by atoms with Crippen molar-refractivity contribution in [2.75, 3.05) is 5.32 Å². The molecule has 1 aromatic carbocycles. The predicted molar refractivity (Wildman–Crippen MR) is 113 cm³/mol. The van der Waals surface area contributed by atoms with Gasteiger partial charge >= 0.3 is 6.18 Å². The van der Waals surface area contributed by atoms with E-state index < -0.39 is 17.8 Å². The van der Waals surface area contributed by atoms with Gasteiger partial charge in [0.2, 0.25) is 5.91 Å². The number of carbonyl (C=O) groups excluding carboxylic acids is 1. The number of benzene rings is 1. The van der Waals surface area contributed by atoms with Crippen LogP contribution in [0.5, 0.6) is 0 Å². The summed E-state index contributed by atoms with van der Waals surface area (Å²) in [5, 5.41) is 10.9. The highest BCUT2D eigenvalue weighted by Gasteiger charge is 2.38. The molecule has 0 saturated heterocycles. The third-order valence-electron chi connectivity index (χ3n) is 5.23. The van der Waals surface area contributed by atoms with E-state index in [1.807, 2.05) is 36.7 Å². The summed E-state index contributed by atoms with van der Waals surface area (Å²) in [5.74, 6) is -0.385. The van der Waals surface area contributed by atoms with Crippen molar-refractivity contribution < 1.29 is 18.0 Å². The lowest BCUT2D eigenvalue weighted by atomic mass is 10.2. The molecule has 31 heavy (non-hydrogen) atoms. The number of aromatic nitrogens is 4. The zero-order valence-electron chi connectivity index (χ0n) is 17.0. The fraction of sp³-hybridized carbons (Fsp3) is 0.381. The van der Waals surface area contributed by atoms with E-state index in [0.29, 0.717) is 17.9 Å². The van der Waals surface area contributed by atoms with E-state index in [4.69, 9.17) is 0 Å². The number of carbonyl (C=O) groups is 1. The average Bonchev–Trinajstić information content (AvgIpc) is 3.40. The van der Waals surface area contributed by atoms with Gasteiger partial charge in [0.25, 0.3) is 0 Å². The van der Waals surface area contributed by atoms with E-state index in [-0.39, 0.29) is 12.5 Å². The molecule has 0 spiro atoms. The predicted octanol–water partition coefficient (Wildman–Crippen LogP) is 5.04. The van der Waals surface area contributed by atoms with Crippen LogP contribution in [0.2, 0.25) is 0 Å². The standard InChI is InChI=1S/C21H21BrF3N5O/c1-12-20(22)13(2)29(27-12)10-14-4-3-5-16(8-14)26-19(31)11-30-17(15-6-7-15)9-18(28-30)21(23,24)25/h3-5,8-9,15H,6-7,10-11H2,1-2H3,(H,26,31). The maximum atomic E-state index is 13.0. The number of rotatable bonds is 6. The third kappa shape index (κ3) is 4.84. The summed E-state index contributed by atoms with van der Waals surface area (Å²) in [6.45, 7) is 4.14. The molecule has 1 N–H and O–H groups in total. The van der Waals surface area contributed by atoms with Crippen molar-refractivity contribution in [2.45, 2.75) is 51.9 Å². The van der Waals surface area contributed by atoms with Crippen LogP contribution in [0.1, 0.15) is 47.1 Å². The molecule has 1 aliphatic rings. The number of aryl methyl sites for hydroxylation is 1. The summed E-state index contributed by atoms with van der Waals surface area (Å²) in [4.78, 5) is 12.5. The first-order chi connectivity index (χ1) is 14.6. The van der Waals surface area contributed by atoms with Gasteiger partial charge in [0, 0.05) is 17.3 Å². The molecule has 0 unspecified atom stereocenters. The molecule has 0 radical (unpaired) electrons. The van der Waals surface area contributed by atoms with Crippen molar-refractivity contribution in [3.63, 3.8) is 0 Å². The highest BCUT2D eigenvalue weighted by molar-refractivity contribution is 9.10. The molecule has 4 rings (SSSR count). The number of nitrogens with zero attached hydrogens (tertiary/aromatic N) is 4. The van der Waals surface area contributed by atoms with Gasteiger partial charge in [0.15, 0.2) is 5.69 Å². The Morgan fingerprint density at radius 1 is 1.19 bits per heavy atom. The largest absolute Gasteiger partial charge is 0.435 e. The maximum Gasteiger partial charge on any atom is 0.435 e. The molecule has 6 nitrogen and oxygen atoms in total. The Balaban J connectivity index is 1.46. The summed E-state index contributed by atoms with van der Waals surface area (Å²) in [5.41, 5.74) is 2.91. The normalized spacial score (nSPS) is 14.1. The van der Waals surface area contributed by atoms with Gasteiger partial charge < -0.3 is 5.32 Å². The lowest BCUT2D eigenvalue weighted by Gasteiger charge is -2.10. The number of hydrogen-bond donors (Lipinski definition) is 1. The van der Waals surface area contributed by atoms with Crippen LogP contribution in [-0.2, 0) is 24.1 Å². The van der Waals surface area contributed by atoms with Gasteiger partial charge in [-0.2, -0.15) is 23.4 Å². The lowest BCUT2D eigenvalue weighted by Crippen LogP contribution is -2.21. The van der Waals surface area contributed by atoms with Gasteiger partial charge in [-0.3, -0.25) is 14.2 Å². The second-order valence-electron chi connectivity index (χ2n) is 7.78. The highest BCUT2D eigenvalue weighted by Crippen LogP contribution is 2.42. The summed E-state index contributed by atoms with van der Waals surface area (Å²) in [7, 11) is 0. The summed E-state index contributed by atoms with van der Waals surface area (Å²) < 4.78 is 43.1. The van der Waals surface area contributed by atoms with Crippen LogP contribution < -0.4 is 5.32 Å². The Bertz CT molecular complexity index is 1130. The molecule has 1 fully saturated rings. The number of anilines is 1. The molecule has 1 saturated carbocycles. The molecular weight excluding hydrogens is 475 g/mol. The van der Waals surface area contributed by atoms with Gasteiger partial charge in [0.1, 0.15) is 6.54 Å². The first-order valence-electron chi connectivity index (χ1n) is 9.85. The first kappa shape index (κ1) is 21.6. The van der Waals surface area contributed by atoms with Crippen LogP contribution in [-0.4, -0.2) is 25.5 Å². The van der Waals surface area contributed by atoms with E-state index in [0.717, 1.165) is 40.3 Å². The van der Waals surface area contributed by atoms with E-state index >= 15 is 0 Å². The van der Waals surface area contributed by atoms with Crippen molar-refractivity contribution >= 4 is 27.5 Å². The van der Waals surface area contributed by atoms with E-state index in [1.165, 1.54) is 4.68 Å². The van der Waals surface area contributed by atoms with Crippen LogP contribution >= 0.6 is 15.9 Å². The van der Waals surface area contributed by atoms with Crippen LogP contribution in [0, 0.1) is 13.8 Å². The maximum absolute atomic E-state index is 13.0. The summed E-state index contributed by atoms with van der Waals surface area (Å²) in [6, 6.07) is 8.36. The van der Waals surface area contributed by atoms with Crippen molar-refractivity contribution in [3.8, 4) is 0 Å². The number of halogens is 4. The van der Waals surface area contributed by atoms with Crippen LogP contribution in [0.15, 0.2) is 34.8 Å². The van der Waals surface area contributed by atoms with Crippen molar-refractivity contribution in [2.24, 2.45) is 0 Å². The minimum Gasteiger partial charge on any atom is -0.324 e. The van der Waals surface area contributed by atoms with Crippen molar-refractivity contribution in [1.29, 1.82) is 0 Å². The fourth-order valence-electron chi connectivity index (χ4n) is 3.49. The third-order valence-corrected chi connectivity index (χ3v) is 6.37. The molecule has 0 aliphatic heterocycles. The van der Waals surface area contributed by atoms with Crippen molar-refractivity contribution in [1.82, 2.24) is 19.6 Å². The molecule has 164 valence electrons. The molecule has 3 aromatic rings. The number of alkyl halides is 3. The smallest absolute Gasteiger partial charge is 0.324 e. The number of hydrogen-bond acceptors (Lipinski definition) is 3. The van der Waals surface area contributed by atoms with Crippen LogP contribution in [0.4, 0.5) is 18.9 Å². The van der Waals surface area contributed by atoms with Crippen LogP contribution in [0.3, 0.4) is 0 Å². The van der Waals surface area contributed by atoms with Gasteiger partial charge in [-0.05, 0) is 66.4 Å². The topological polar surface area (TPSA) is 64.7 Å². The molecule has 10 heteroatoms. The zero-order valence-corrected chi connectivity index (χ0v) is 18.6. The number of nitrogens with one attached hydrogen (secondary N) is 1. The Hall–Kier alpha value is -2.62. The first-order valence-corrected chi connectivity index (χ1v) is 10.6. The average molecular weight is 496 g/mol. The minimum atomic E-state index is -4.53. The van der Waals surface area contributed by atoms with E-state index in [9.17, 15) is 18.0 Å². The minimum absolute atomic E-state index is 0.0415. The van der Waals surface area contributed by atoms with Gasteiger partial charge in [0.05, 0.1) is 22.4 Å². The molecule has 2 aromatic heterocycles. The second-order valence-corrected chi connectivity index (χ2v) is 8.57. The monoisotopic (exact) mass is 495 g/mol. The Kier molecular flexibility index (Phi) is 5.67. The zero-order chi connectivity index (χ0) is 22.3. The molecule has 1 amide bonds. The van der Waals surface area contributed by atoms with Crippen molar-refractivity contribution in [3.05, 3.63) is 63.1 Å². The van der Waals surface area contributed by atoms with Gasteiger partial charge in [-0.1, -0.05) is 12.1 Å². The molecule has 0 atom stereocenters. The van der Waals surface area contributed by atoms with E-state index in [2.05, 4.69) is 31.4 Å². The lowest BCUT2D eigenvalue weighted by molar-refractivity contribution is -0.141. The van der Waals surface area contributed by atoms with Gasteiger partial charge in [-0.15, -0.1) is 0 Å². The molecule has 2 heterocycles. The van der Waals surface area contributed by atoms with Gasteiger partial charge in [-0.25, -0.2) is 0 Å². The Morgan fingerprint density at radius 2 is 1.94 bits per heavy atom. The highest BCUT2D eigenvalue weighted by atomic mass is 79.9. The van der Waals surface area contributed by atoms with E-state index in [1.54, 1.807) is 6.07 Å². The molecule has 0 bridgehead atoms. The SMILES string of the molecule is Cc1nn(Cc2cccc(NC(=O)Cn3nc(C(F)(F)F)cc3C3CC3)c2)c(C)c1Br. The summed E-state index contributed by atoms with van der Waals surface area (Å²) >= 11 is 3.51. The second kappa shape index (κ2) is 8.14. The fourth-order valence-corrected chi connectivity index (χ4v) is 3.77. The Labute approximate surface area is 185 Å². The summed E-state index contributed by atoms with van der Waals surface area (Å²) in [6.07, 6.45) is -2.90. The quantitative estimate of drug-likeness (QED) is 0.520. The molecular formula is C21H21BrF3N5O. The number of amides is 1. The van der Waals surface area contributed by atoms with Crippen LogP contribution in [0.25, 0.3) is 0 Å².